The first-order chi connectivity index (χ1) is 12.0. The van der Waals surface area contributed by atoms with Crippen LogP contribution < -0.4 is 20.5 Å². The first-order valence-corrected chi connectivity index (χ1v) is 8.77. The van der Waals surface area contributed by atoms with E-state index in [0.29, 0.717) is 40.6 Å². The second kappa shape index (κ2) is 9.13. The summed E-state index contributed by atoms with van der Waals surface area (Å²) >= 11 is 3.32. The maximum Gasteiger partial charge on any atom is 0.262 e. The second-order valence-electron chi connectivity index (χ2n) is 5.11. The fourth-order valence-corrected chi connectivity index (χ4v) is 2.54. The molecule has 0 aliphatic carbocycles. The summed E-state index contributed by atoms with van der Waals surface area (Å²) in [6.45, 7) is 4.66. The SMILES string of the molecule is CCOc1cc(NC(=O)/C(Br)=C/c2ccccc2)c(OCC)cc1N. The number of carbonyl (C=O) groups is 1. The van der Waals surface area contributed by atoms with E-state index in [4.69, 9.17) is 15.2 Å². The first kappa shape index (κ1) is 18.9. The van der Waals surface area contributed by atoms with Gasteiger partial charge in [0, 0.05) is 12.1 Å². The molecule has 0 bridgehead atoms. The van der Waals surface area contributed by atoms with Crippen molar-refractivity contribution in [2.24, 2.45) is 0 Å². The predicted octanol–water partition coefficient (Wildman–Crippen LogP) is 4.44. The average molecular weight is 405 g/mol. The number of rotatable bonds is 7. The Kier molecular flexibility index (Phi) is 6.89. The van der Waals surface area contributed by atoms with Gasteiger partial charge in [-0.05, 0) is 41.4 Å². The zero-order chi connectivity index (χ0) is 18.2. The highest BCUT2D eigenvalue weighted by molar-refractivity contribution is 9.12. The molecule has 6 heteroatoms. The number of nitrogens with one attached hydrogen (secondary N) is 1. The highest BCUT2D eigenvalue weighted by atomic mass is 79.9. The number of halogens is 1. The maximum atomic E-state index is 12.5. The van der Waals surface area contributed by atoms with Crippen molar-refractivity contribution < 1.29 is 14.3 Å². The molecule has 0 aromatic heterocycles. The summed E-state index contributed by atoms with van der Waals surface area (Å²) in [6, 6.07) is 12.9. The van der Waals surface area contributed by atoms with Crippen molar-refractivity contribution in [1.29, 1.82) is 0 Å². The molecule has 0 radical (unpaired) electrons. The van der Waals surface area contributed by atoms with Crippen LogP contribution in [-0.4, -0.2) is 19.1 Å². The number of benzene rings is 2. The number of nitrogens with two attached hydrogens (primary N) is 1. The molecule has 0 atom stereocenters. The Labute approximate surface area is 155 Å². The molecule has 0 fully saturated rings. The molecule has 132 valence electrons. The van der Waals surface area contributed by atoms with Crippen LogP contribution in [0.1, 0.15) is 19.4 Å². The van der Waals surface area contributed by atoms with Crippen LogP contribution in [0.4, 0.5) is 11.4 Å². The van der Waals surface area contributed by atoms with E-state index in [0.717, 1.165) is 5.56 Å². The number of amides is 1. The molecule has 0 heterocycles. The maximum absolute atomic E-state index is 12.5. The summed E-state index contributed by atoms with van der Waals surface area (Å²) in [6.07, 6.45) is 1.75. The van der Waals surface area contributed by atoms with Crippen LogP contribution >= 0.6 is 15.9 Å². The van der Waals surface area contributed by atoms with E-state index in [1.807, 2.05) is 44.2 Å². The van der Waals surface area contributed by atoms with Gasteiger partial charge in [0.1, 0.15) is 11.5 Å². The van der Waals surface area contributed by atoms with Crippen LogP contribution in [0.5, 0.6) is 11.5 Å². The third-order valence-corrected chi connectivity index (χ3v) is 3.86. The van der Waals surface area contributed by atoms with Crippen molar-refractivity contribution in [3.8, 4) is 11.5 Å². The molecule has 25 heavy (non-hydrogen) atoms. The summed E-state index contributed by atoms with van der Waals surface area (Å²) in [4.78, 5) is 12.5. The molecule has 0 aliphatic rings. The summed E-state index contributed by atoms with van der Waals surface area (Å²) < 4.78 is 11.5. The summed E-state index contributed by atoms with van der Waals surface area (Å²) in [5.41, 5.74) is 7.84. The largest absolute Gasteiger partial charge is 0.492 e. The zero-order valence-corrected chi connectivity index (χ0v) is 15.8. The van der Waals surface area contributed by atoms with Gasteiger partial charge < -0.3 is 20.5 Å². The van der Waals surface area contributed by atoms with Crippen LogP contribution in [-0.2, 0) is 4.79 Å². The van der Waals surface area contributed by atoms with Crippen molar-refractivity contribution in [3.05, 3.63) is 52.5 Å². The molecule has 5 nitrogen and oxygen atoms in total. The lowest BCUT2D eigenvalue weighted by molar-refractivity contribution is -0.112. The molecule has 2 rings (SSSR count). The summed E-state index contributed by atoms with van der Waals surface area (Å²) in [7, 11) is 0. The molecular formula is C19H21BrN2O3. The fraction of sp³-hybridized carbons (Fsp3) is 0.211. The monoisotopic (exact) mass is 404 g/mol. The third kappa shape index (κ3) is 5.26. The quantitative estimate of drug-likeness (QED) is 0.528. The predicted molar refractivity (Wildman–Crippen MR) is 105 cm³/mol. The van der Waals surface area contributed by atoms with Crippen LogP contribution in [0.25, 0.3) is 6.08 Å². The minimum Gasteiger partial charge on any atom is -0.492 e. The van der Waals surface area contributed by atoms with Gasteiger partial charge in [-0.2, -0.15) is 0 Å². The Hall–Kier alpha value is -2.47. The van der Waals surface area contributed by atoms with E-state index < -0.39 is 0 Å². The Balaban J connectivity index is 2.26. The number of carbonyl (C=O) groups excluding carboxylic acids is 1. The topological polar surface area (TPSA) is 73.6 Å². The van der Waals surface area contributed by atoms with Crippen molar-refractivity contribution in [2.45, 2.75) is 13.8 Å². The molecule has 0 aliphatic heterocycles. The third-order valence-electron chi connectivity index (χ3n) is 3.27. The van der Waals surface area contributed by atoms with Gasteiger partial charge in [-0.3, -0.25) is 4.79 Å². The lowest BCUT2D eigenvalue weighted by Crippen LogP contribution is -2.13. The second-order valence-corrected chi connectivity index (χ2v) is 5.96. The van der Waals surface area contributed by atoms with Crippen LogP contribution in [0.2, 0.25) is 0 Å². The highest BCUT2D eigenvalue weighted by Gasteiger charge is 2.14. The van der Waals surface area contributed by atoms with E-state index in [1.165, 1.54) is 0 Å². The number of hydrogen-bond acceptors (Lipinski definition) is 4. The lowest BCUT2D eigenvalue weighted by Gasteiger charge is -2.15. The van der Waals surface area contributed by atoms with Gasteiger partial charge in [-0.25, -0.2) is 0 Å². The van der Waals surface area contributed by atoms with Gasteiger partial charge in [-0.1, -0.05) is 30.3 Å². The smallest absolute Gasteiger partial charge is 0.262 e. The van der Waals surface area contributed by atoms with E-state index >= 15 is 0 Å². The first-order valence-electron chi connectivity index (χ1n) is 7.97. The number of hydrogen-bond donors (Lipinski definition) is 2. The van der Waals surface area contributed by atoms with Crippen molar-refractivity contribution in [2.75, 3.05) is 24.3 Å². The van der Waals surface area contributed by atoms with Gasteiger partial charge in [0.15, 0.2) is 0 Å². The molecule has 0 saturated carbocycles. The van der Waals surface area contributed by atoms with Gasteiger partial charge in [0.2, 0.25) is 0 Å². The normalized spacial score (nSPS) is 11.1. The van der Waals surface area contributed by atoms with E-state index in [-0.39, 0.29) is 5.91 Å². The van der Waals surface area contributed by atoms with Crippen LogP contribution in [0.15, 0.2) is 46.9 Å². The molecule has 0 saturated heterocycles. The number of ether oxygens (including phenoxy) is 2. The van der Waals surface area contributed by atoms with E-state index in [2.05, 4.69) is 21.2 Å². The summed E-state index contributed by atoms with van der Waals surface area (Å²) in [5.74, 6) is 0.707. The van der Waals surface area contributed by atoms with Crippen molar-refractivity contribution in [1.82, 2.24) is 0 Å². The number of anilines is 2. The van der Waals surface area contributed by atoms with Gasteiger partial charge in [0.25, 0.3) is 5.91 Å². The van der Waals surface area contributed by atoms with Gasteiger partial charge in [-0.15, -0.1) is 0 Å². The zero-order valence-electron chi connectivity index (χ0n) is 14.2. The molecule has 0 unspecified atom stereocenters. The Morgan fingerprint density at radius 3 is 2.40 bits per heavy atom. The van der Waals surface area contributed by atoms with E-state index in [9.17, 15) is 4.79 Å². The standard InChI is InChI=1S/C19H21BrN2O3/c1-3-24-17-12-16(18(25-4-2)11-15(17)21)22-19(23)14(20)10-13-8-6-5-7-9-13/h5-12H,3-4,21H2,1-2H3,(H,22,23)/b14-10-. The van der Waals surface area contributed by atoms with Crippen LogP contribution in [0.3, 0.4) is 0 Å². The van der Waals surface area contributed by atoms with Gasteiger partial charge >= 0.3 is 0 Å². The molecule has 0 spiro atoms. The average Bonchev–Trinajstić information content (AvgIpc) is 2.60. The number of nitrogen functional groups attached to an aromatic ring is 1. The highest BCUT2D eigenvalue weighted by Crippen LogP contribution is 2.35. The molecular weight excluding hydrogens is 384 g/mol. The van der Waals surface area contributed by atoms with Crippen molar-refractivity contribution >= 4 is 39.3 Å². The molecule has 2 aromatic rings. The minimum absolute atomic E-state index is 0.294. The van der Waals surface area contributed by atoms with E-state index in [1.54, 1.807) is 18.2 Å². The Morgan fingerprint density at radius 1 is 1.12 bits per heavy atom. The molecule has 1 amide bonds. The van der Waals surface area contributed by atoms with Crippen LogP contribution in [0, 0.1) is 0 Å². The van der Waals surface area contributed by atoms with Crippen molar-refractivity contribution in [3.63, 3.8) is 0 Å². The summed E-state index contributed by atoms with van der Waals surface area (Å²) in [5, 5.41) is 2.83. The lowest BCUT2D eigenvalue weighted by atomic mass is 10.2. The molecule has 3 N–H and O–H groups in total. The Morgan fingerprint density at radius 2 is 1.76 bits per heavy atom. The fourth-order valence-electron chi connectivity index (χ4n) is 2.17. The van der Waals surface area contributed by atoms with Gasteiger partial charge in [0.05, 0.1) is 29.1 Å². The minimum atomic E-state index is -0.294. The Bertz CT molecular complexity index is 761. The molecule has 2 aromatic carbocycles.